The van der Waals surface area contributed by atoms with Crippen molar-refractivity contribution in [3.63, 3.8) is 0 Å². The summed E-state index contributed by atoms with van der Waals surface area (Å²) in [4.78, 5) is 10.4. The lowest BCUT2D eigenvalue weighted by molar-refractivity contribution is -0.140. The van der Waals surface area contributed by atoms with Crippen LogP contribution in [-0.2, 0) is 25.7 Å². The van der Waals surface area contributed by atoms with Crippen molar-refractivity contribution in [1.82, 2.24) is 4.31 Å². The summed E-state index contributed by atoms with van der Waals surface area (Å²) in [7, 11) is -1.88. The number of benzene rings is 1. The molecule has 0 spiro atoms. The van der Waals surface area contributed by atoms with E-state index in [0.29, 0.717) is 6.07 Å². The molecule has 0 unspecified atom stereocenters. The van der Waals surface area contributed by atoms with E-state index < -0.39 is 37.7 Å². The highest BCUT2D eigenvalue weighted by Gasteiger charge is 2.35. The Morgan fingerprint density at radius 1 is 1.36 bits per heavy atom. The first-order valence-corrected chi connectivity index (χ1v) is 7.72. The van der Waals surface area contributed by atoms with Crippen LogP contribution >= 0.6 is 11.6 Å². The Morgan fingerprint density at radius 3 is 2.45 bits per heavy atom. The largest absolute Gasteiger partial charge is 0.469 e. The van der Waals surface area contributed by atoms with Gasteiger partial charge in [-0.25, -0.2) is 12.7 Å². The Kier molecular flexibility index (Phi) is 5.82. The van der Waals surface area contributed by atoms with Crippen LogP contribution in [0.15, 0.2) is 23.1 Å². The fraction of sp³-hybridized carbons (Fsp3) is 0.417. The minimum absolute atomic E-state index is 0.216. The van der Waals surface area contributed by atoms with E-state index in [1.54, 1.807) is 0 Å². The van der Waals surface area contributed by atoms with E-state index in [1.807, 2.05) is 0 Å². The van der Waals surface area contributed by atoms with Crippen LogP contribution in [0.2, 0.25) is 5.02 Å². The highest BCUT2D eigenvalue weighted by atomic mass is 35.5. The molecule has 0 aromatic heterocycles. The normalized spacial score (nSPS) is 12.5. The highest BCUT2D eigenvalue weighted by molar-refractivity contribution is 7.89. The fourth-order valence-electron chi connectivity index (χ4n) is 1.53. The van der Waals surface area contributed by atoms with Crippen molar-refractivity contribution >= 4 is 27.6 Å². The van der Waals surface area contributed by atoms with Gasteiger partial charge in [0.05, 0.1) is 29.0 Å². The molecule has 22 heavy (non-hydrogen) atoms. The first-order chi connectivity index (χ1) is 10.00. The van der Waals surface area contributed by atoms with Gasteiger partial charge < -0.3 is 4.74 Å². The summed E-state index contributed by atoms with van der Waals surface area (Å²) in [6.45, 7) is -0.223. The monoisotopic (exact) mass is 359 g/mol. The van der Waals surface area contributed by atoms with E-state index in [4.69, 9.17) is 11.6 Å². The molecule has 0 N–H and O–H groups in total. The molecule has 5 nitrogen and oxygen atoms in total. The molecule has 0 heterocycles. The predicted octanol–water partition coefficient (Wildman–Crippen LogP) is 2.54. The summed E-state index contributed by atoms with van der Waals surface area (Å²) in [5, 5.41) is -0.594. The van der Waals surface area contributed by atoms with Crippen LogP contribution in [0.4, 0.5) is 13.2 Å². The number of alkyl halides is 3. The molecule has 0 radical (unpaired) electrons. The number of halogens is 4. The van der Waals surface area contributed by atoms with E-state index in [1.165, 1.54) is 0 Å². The number of rotatable bonds is 5. The number of hydrogen-bond acceptors (Lipinski definition) is 4. The Balaban J connectivity index is 3.10. The second-order valence-corrected chi connectivity index (χ2v) is 6.74. The van der Waals surface area contributed by atoms with Gasteiger partial charge in [0.2, 0.25) is 10.0 Å². The molecule has 0 atom stereocenters. The van der Waals surface area contributed by atoms with E-state index in [0.717, 1.165) is 30.6 Å². The summed E-state index contributed by atoms with van der Waals surface area (Å²) in [6.07, 6.45) is -4.99. The number of hydrogen-bond donors (Lipinski definition) is 0. The number of methoxy groups -OCH3 is 1. The van der Waals surface area contributed by atoms with Crippen LogP contribution in [0.5, 0.6) is 0 Å². The van der Waals surface area contributed by atoms with E-state index in [-0.39, 0.29) is 13.0 Å². The topological polar surface area (TPSA) is 63.7 Å². The van der Waals surface area contributed by atoms with Gasteiger partial charge in [-0.3, -0.25) is 4.79 Å². The van der Waals surface area contributed by atoms with E-state index >= 15 is 0 Å². The van der Waals surface area contributed by atoms with Crippen molar-refractivity contribution in [3.8, 4) is 0 Å². The van der Waals surface area contributed by atoms with Gasteiger partial charge in [-0.2, -0.15) is 13.2 Å². The van der Waals surface area contributed by atoms with Gasteiger partial charge in [0, 0.05) is 13.6 Å². The lowest BCUT2D eigenvalue weighted by atomic mass is 10.2. The highest BCUT2D eigenvalue weighted by Crippen LogP contribution is 2.36. The SMILES string of the molecule is COC(=O)CCN(C)S(=O)(=O)c1ccc(Cl)c(C(F)(F)F)c1. The Hall–Kier alpha value is -1.32. The minimum atomic E-state index is -4.77. The van der Waals surface area contributed by atoms with Crippen molar-refractivity contribution in [2.45, 2.75) is 17.5 Å². The summed E-state index contributed by atoms with van der Waals surface area (Å²) < 4.78 is 67.8. The van der Waals surface area contributed by atoms with Crippen LogP contribution in [0, 0.1) is 0 Å². The second-order valence-electron chi connectivity index (χ2n) is 4.29. The molecule has 0 bridgehead atoms. The molecule has 0 aliphatic carbocycles. The van der Waals surface area contributed by atoms with Crippen molar-refractivity contribution in [2.75, 3.05) is 20.7 Å². The van der Waals surface area contributed by atoms with Crippen LogP contribution in [0.1, 0.15) is 12.0 Å². The summed E-state index contributed by atoms with van der Waals surface area (Å²) in [6, 6.07) is 2.30. The van der Waals surface area contributed by atoms with Gasteiger partial charge in [0.25, 0.3) is 0 Å². The second kappa shape index (κ2) is 6.84. The van der Waals surface area contributed by atoms with Crippen LogP contribution in [-0.4, -0.2) is 39.4 Å². The number of carbonyl (C=O) groups excluding carboxylic acids is 1. The van der Waals surface area contributed by atoms with Gasteiger partial charge in [-0.15, -0.1) is 0 Å². The van der Waals surface area contributed by atoms with Crippen molar-refractivity contribution in [1.29, 1.82) is 0 Å². The molecule has 10 heteroatoms. The van der Waals surface area contributed by atoms with E-state index in [9.17, 15) is 26.4 Å². The van der Waals surface area contributed by atoms with Crippen molar-refractivity contribution in [2.24, 2.45) is 0 Å². The molecule has 1 aromatic carbocycles. The molecular weight excluding hydrogens is 347 g/mol. The number of carbonyl (C=O) groups is 1. The zero-order valence-electron chi connectivity index (χ0n) is 11.6. The third kappa shape index (κ3) is 4.34. The Labute approximate surface area is 130 Å². The lowest BCUT2D eigenvalue weighted by Crippen LogP contribution is -2.29. The summed E-state index contributed by atoms with van der Waals surface area (Å²) in [5.41, 5.74) is -1.24. The van der Waals surface area contributed by atoms with E-state index in [2.05, 4.69) is 4.74 Å². The van der Waals surface area contributed by atoms with Gasteiger partial charge in [0.1, 0.15) is 0 Å². The minimum Gasteiger partial charge on any atom is -0.469 e. The maximum atomic E-state index is 12.8. The number of sulfonamides is 1. The standard InChI is InChI=1S/C12H13ClF3NO4S/c1-17(6-5-11(18)21-2)22(19,20)8-3-4-10(13)9(7-8)12(14,15)16/h3-4,7H,5-6H2,1-2H3. The zero-order valence-corrected chi connectivity index (χ0v) is 13.2. The van der Waals surface area contributed by atoms with Crippen LogP contribution in [0.3, 0.4) is 0 Å². The third-order valence-corrected chi connectivity index (χ3v) is 4.99. The molecule has 1 aromatic rings. The first kappa shape index (κ1) is 18.7. The fourth-order valence-corrected chi connectivity index (χ4v) is 2.96. The maximum absolute atomic E-state index is 12.8. The number of nitrogens with zero attached hydrogens (tertiary/aromatic N) is 1. The molecule has 0 amide bonds. The third-order valence-electron chi connectivity index (χ3n) is 2.81. The summed E-state index contributed by atoms with van der Waals surface area (Å²) >= 11 is 5.44. The first-order valence-electron chi connectivity index (χ1n) is 5.90. The van der Waals surface area contributed by atoms with Gasteiger partial charge in [-0.1, -0.05) is 11.6 Å². The molecule has 0 saturated heterocycles. The average molecular weight is 360 g/mol. The Bertz CT molecular complexity index is 661. The predicted molar refractivity (Wildman–Crippen MR) is 72.9 cm³/mol. The smallest absolute Gasteiger partial charge is 0.417 e. The van der Waals surface area contributed by atoms with Gasteiger partial charge in [0.15, 0.2) is 0 Å². The summed E-state index contributed by atoms with van der Waals surface area (Å²) in [5.74, 6) is -0.630. The molecule has 0 fully saturated rings. The maximum Gasteiger partial charge on any atom is 0.417 e. The molecule has 124 valence electrons. The molecular formula is C12H13ClF3NO4S. The average Bonchev–Trinajstić information content (AvgIpc) is 2.43. The van der Waals surface area contributed by atoms with Crippen molar-refractivity contribution in [3.05, 3.63) is 28.8 Å². The Morgan fingerprint density at radius 2 is 1.95 bits per heavy atom. The molecule has 0 saturated carbocycles. The molecule has 0 aliphatic rings. The van der Waals surface area contributed by atoms with Gasteiger partial charge >= 0.3 is 12.1 Å². The molecule has 1 rings (SSSR count). The molecule has 0 aliphatic heterocycles. The van der Waals surface area contributed by atoms with Crippen LogP contribution in [0.25, 0.3) is 0 Å². The van der Waals surface area contributed by atoms with Crippen molar-refractivity contribution < 1.29 is 31.1 Å². The lowest BCUT2D eigenvalue weighted by Gasteiger charge is -2.18. The number of esters is 1. The number of ether oxygens (including phenoxy) is 1. The quantitative estimate of drug-likeness (QED) is 0.758. The zero-order chi connectivity index (χ0) is 17.1. The van der Waals surface area contributed by atoms with Crippen LogP contribution < -0.4 is 0 Å². The van der Waals surface area contributed by atoms with Gasteiger partial charge in [-0.05, 0) is 18.2 Å².